The maximum atomic E-state index is 13.7. The minimum Gasteiger partial charge on any atom is -0.459 e. The van der Waals surface area contributed by atoms with Crippen LogP contribution >= 0.6 is 0 Å². The van der Waals surface area contributed by atoms with E-state index in [1.165, 1.54) is 0 Å². The first-order valence-corrected chi connectivity index (χ1v) is 19.9. The maximum Gasteiger partial charge on any atom is 0.308 e. The van der Waals surface area contributed by atoms with E-state index < -0.39 is 54.6 Å². The molecule has 14 unspecified atom stereocenters. The standard InChI is InChI=1S/C39H56O13/c1-19-3-4-21-5-7-26-20(2)11-23(45-26)9-10-39-17-25(42)37(52-39)33-16-34(51-39)38-27(47-33)8-6-22(46-38)12-36(43)50-32-15-31-29(13-24(41)35(18-40)49-31)48-30(32)14-28(19)44-21/h21-35,37-38,40-42H,1-18H2/t21?,22?,23?,24?,25?,26?,27-,28+,29?,30-,31?,32?,33?,34+,35?,37?,38?,39?/m0/s1. The highest BCUT2D eigenvalue weighted by Crippen LogP contribution is 2.49. The molecular weight excluding hydrogens is 676 g/mol. The quantitative estimate of drug-likeness (QED) is 0.267. The third-order valence-corrected chi connectivity index (χ3v) is 13.4. The fraction of sp³-hybridized carbons (Fsp3) is 0.872. The van der Waals surface area contributed by atoms with Gasteiger partial charge < -0.3 is 58.0 Å². The van der Waals surface area contributed by atoms with Crippen molar-refractivity contribution in [3.63, 3.8) is 0 Å². The van der Waals surface area contributed by atoms with E-state index in [1.807, 2.05) is 0 Å². The average molecular weight is 733 g/mol. The van der Waals surface area contributed by atoms with Crippen molar-refractivity contribution in [2.75, 3.05) is 6.61 Å². The summed E-state index contributed by atoms with van der Waals surface area (Å²) in [6.07, 6.45) is 2.21. The Morgan fingerprint density at radius 2 is 1.37 bits per heavy atom. The van der Waals surface area contributed by atoms with Gasteiger partial charge in [-0.15, -0.1) is 0 Å². The van der Waals surface area contributed by atoms with E-state index in [1.54, 1.807) is 0 Å². The molecule has 0 radical (unpaired) electrons. The van der Waals surface area contributed by atoms with Crippen LogP contribution < -0.4 is 0 Å². The molecule has 9 saturated heterocycles. The third kappa shape index (κ3) is 7.06. The van der Waals surface area contributed by atoms with Crippen LogP contribution in [-0.2, 0) is 47.4 Å². The third-order valence-electron chi connectivity index (χ3n) is 13.4. The van der Waals surface area contributed by atoms with Gasteiger partial charge in [0.05, 0.1) is 92.4 Å². The van der Waals surface area contributed by atoms with Crippen LogP contribution in [0, 0.1) is 0 Å². The summed E-state index contributed by atoms with van der Waals surface area (Å²) in [5, 5.41) is 31.6. The number of aliphatic hydroxyl groups excluding tert-OH is 3. The molecule has 13 heteroatoms. The molecule has 0 aromatic heterocycles. The van der Waals surface area contributed by atoms with E-state index in [4.69, 9.17) is 42.6 Å². The molecule has 18 atom stereocenters. The number of carbonyl (C=O) groups excluding carboxylic acids is 1. The number of carbonyl (C=O) groups is 1. The number of aliphatic hydroxyl groups is 3. The minimum atomic E-state index is -0.968. The summed E-state index contributed by atoms with van der Waals surface area (Å²) in [5.74, 6) is -1.35. The molecule has 9 rings (SSSR count). The van der Waals surface area contributed by atoms with Gasteiger partial charge in [-0.1, -0.05) is 13.2 Å². The van der Waals surface area contributed by atoms with Gasteiger partial charge in [0, 0.05) is 38.5 Å². The van der Waals surface area contributed by atoms with Crippen LogP contribution in [0.3, 0.4) is 0 Å². The van der Waals surface area contributed by atoms with Gasteiger partial charge in [-0.25, -0.2) is 0 Å². The second kappa shape index (κ2) is 14.5. The predicted molar refractivity (Wildman–Crippen MR) is 181 cm³/mol. The topological polar surface area (TPSA) is 161 Å². The fourth-order valence-electron chi connectivity index (χ4n) is 10.6. The van der Waals surface area contributed by atoms with Crippen LogP contribution in [0.5, 0.6) is 0 Å². The second-order valence-electron chi connectivity index (χ2n) is 17.0. The number of ether oxygens (including phenoxy) is 9. The summed E-state index contributed by atoms with van der Waals surface area (Å²) in [6.45, 7) is 8.43. The zero-order chi connectivity index (χ0) is 35.7. The minimum absolute atomic E-state index is 0.0108. The highest BCUT2D eigenvalue weighted by Gasteiger charge is 2.59. The molecule has 1 spiro atoms. The lowest BCUT2D eigenvalue weighted by Gasteiger charge is -2.48. The summed E-state index contributed by atoms with van der Waals surface area (Å²) >= 11 is 0. The first-order chi connectivity index (χ1) is 25.1. The van der Waals surface area contributed by atoms with Crippen molar-refractivity contribution in [3.05, 3.63) is 24.3 Å². The predicted octanol–water partition coefficient (Wildman–Crippen LogP) is 2.69. The van der Waals surface area contributed by atoms with E-state index in [-0.39, 0.29) is 73.9 Å². The molecule has 290 valence electrons. The van der Waals surface area contributed by atoms with Crippen molar-refractivity contribution in [1.82, 2.24) is 0 Å². The van der Waals surface area contributed by atoms with E-state index in [0.29, 0.717) is 57.8 Å². The molecule has 9 fully saturated rings. The lowest BCUT2D eigenvalue weighted by Crippen LogP contribution is -2.58. The van der Waals surface area contributed by atoms with Gasteiger partial charge in [0.15, 0.2) is 5.79 Å². The Hall–Kier alpha value is -1.49. The molecule has 0 aliphatic carbocycles. The smallest absolute Gasteiger partial charge is 0.308 e. The van der Waals surface area contributed by atoms with Crippen LogP contribution in [0.4, 0.5) is 0 Å². The highest BCUT2D eigenvalue weighted by molar-refractivity contribution is 5.70. The molecular formula is C39H56O13. The Kier molecular flexibility index (Phi) is 10.1. The summed E-state index contributed by atoms with van der Waals surface area (Å²) in [6, 6.07) is 0. The van der Waals surface area contributed by atoms with E-state index >= 15 is 0 Å². The Bertz CT molecular complexity index is 1360. The summed E-state index contributed by atoms with van der Waals surface area (Å²) < 4.78 is 58.7. The second-order valence-corrected chi connectivity index (χ2v) is 17.0. The monoisotopic (exact) mass is 732 g/mol. The Morgan fingerprint density at radius 1 is 0.615 bits per heavy atom. The molecule has 9 aliphatic rings. The molecule has 9 heterocycles. The molecule has 13 nitrogen and oxygen atoms in total. The van der Waals surface area contributed by atoms with Crippen molar-refractivity contribution < 1.29 is 62.7 Å². The van der Waals surface area contributed by atoms with Gasteiger partial charge in [-0.2, -0.15) is 0 Å². The average Bonchev–Trinajstić information content (AvgIpc) is 3.61. The maximum absolute atomic E-state index is 13.7. The summed E-state index contributed by atoms with van der Waals surface area (Å²) in [4.78, 5) is 13.7. The molecule has 0 aromatic carbocycles. The zero-order valence-corrected chi connectivity index (χ0v) is 30.0. The number of fused-ring (bicyclic) bond motifs is 10. The Labute approximate surface area is 305 Å². The number of rotatable bonds is 1. The zero-order valence-electron chi connectivity index (χ0n) is 30.0. The van der Waals surface area contributed by atoms with Crippen LogP contribution in [0.15, 0.2) is 24.3 Å². The molecule has 0 amide bonds. The molecule has 0 aromatic rings. The van der Waals surface area contributed by atoms with Crippen molar-refractivity contribution >= 4 is 5.97 Å². The molecule has 3 N–H and O–H groups in total. The number of hydrogen-bond donors (Lipinski definition) is 3. The van der Waals surface area contributed by atoms with Crippen LogP contribution in [-0.4, -0.2) is 137 Å². The van der Waals surface area contributed by atoms with Crippen molar-refractivity contribution in [1.29, 1.82) is 0 Å². The summed E-state index contributed by atoms with van der Waals surface area (Å²) in [7, 11) is 0. The lowest BCUT2D eigenvalue weighted by atomic mass is 9.86. The lowest BCUT2D eigenvalue weighted by molar-refractivity contribution is -0.278. The molecule has 10 bridgehead atoms. The normalized spacial score (nSPS) is 52.5. The number of esters is 1. The van der Waals surface area contributed by atoms with Crippen molar-refractivity contribution in [2.24, 2.45) is 0 Å². The first kappa shape index (κ1) is 36.2. The van der Waals surface area contributed by atoms with E-state index in [2.05, 4.69) is 13.2 Å². The Morgan fingerprint density at radius 3 is 2.23 bits per heavy atom. The highest BCUT2D eigenvalue weighted by atomic mass is 16.7. The van der Waals surface area contributed by atoms with Crippen molar-refractivity contribution in [3.8, 4) is 0 Å². The molecule has 9 aliphatic heterocycles. The van der Waals surface area contributed by atoms with E-state index in [9.17, 15) is 20.1 Å². The SMILES string of the molecule is C=C1CC2CCC34CC(O)C(O3)C3C[C@@H](O4)C4OC(CC[C@@H]4O3)CC(=O)OC3CC4OC(CO)C(O)CC4O[C@H]3C[C@H]3OC(CCC3=C)CCC1O2. The number of hydrogen-bond acceptors (Lipinski definition) is 13. The van der Waals surface area contributed by atoms with Gasteiger partial charge in [0.2, 0.25) is 0 Å². The molecule has 52 heavy (non-hydrogen) atoms. The first-order valence-electron chi connectivity index (χ1n) is 19.9. The van der Waals surface area contributed by atoms with Gasteiger partial charge in [0.25, 0.3) is 0 Å². The van der Waals surface area contributed by atoms with Crippen LogP contribution in [0.2, 0.25) is 0 Å². The molecule has 0 saturated carbocycles. The Balaban J connectivity index is 0.969. The summed E-state index contributed by atoms with van der Waals surface area (Å²) in [5.41, 5.74) is 2.09. The van der Waals surface area contributed by atoms with Gasteiger partial charge in [-0.05, 0) is 62.5 Å². The van der Waals surface area contributed by atoms with Gasteiger partial charge in [0.1, 0.15) is 24.4 Å². The van der Waals surface area contributed by atoms with E-state index in [0.717, 1.165) is 43.3 Å². The van der Waals surface area contributed by atoms with Gasteiger partial charge >= 0.3 is 5.97 Å². The largest absolute Gasteiger partial charge is 0.459 e. The van der Waals surface area contributed by atoms with Crippen LogP contribution in [0.25, 0.3) is 0 Å². The van der Waals surface area contributed by atoms with Crippen molar-refractivity contribution in [2.45, 2.75) is 206 Å². The van der Waals surface area contributed by atoms with Crippen LogP contribution in [0.1, 0.15) is 96.3 Å². The van der Waals surface area contributed by atoms with Gasteiger partial charge in [-0.3, -0.25) is 4.79 Å². The fourth-order valence-corrected chi connectivity index (χ4v) is 10.6.